The topological polar surface area (TPSA) is 50.4 Å². The van der Waals surface area contributed by atoms with Gasteiger partial charge < -0.3 is 15.4 Å². The number of nitrogens with one attached hydrogen (secondary N) is 2. The maximum Gasteiger partial charge on any atom is 0.234 e. The lowest BCUT2D eigenvalue weighted by Gasteiger charge is -2.13. The molecule has 0 spiro atoms. The summed E-state index contributed by atoms with van der Waals surface area (Å²) in [7, 11) is 1.63. The zero-order valence-corrected chi connectivity index (χ0v) is 11.6. The van der Waals surface area contributed by atoms with Crippen LogP contribution >= 0.6 is 0 Å². The molecule has 0 rings (SSSR count). The van der Waals surface area contributed by atoms with Crippen molar-refractivity contribution in [3.8, 4) is 0 Å². The Balaban J connectivity index is 3.35. The molecule has 1 unspecified atom stereocenters. The lowest BCUT2D eigenvalue weighted by Crippen LogP contribution is -2.39. The molecule has 0 heterocycles. The van der Waals surface area contributed by atoms with E-state index in [-0.39, 0.29) is 5.91 Å². The van der Waals surface area contributed by atoms with Crippen LogP contribution in [0.4, 0.5) is 0 Å². The van der Waals surface area contributed by atoms with Gasteiger partial charge in [0.1, 0.15) is 0 Å². The number of rotatable bonds is 11. The monoisotopic (exact) mass is 244 g/mol. The molecule has 0 aromatic rings. The van der Waals surface area contributed by atoms with Crippen molar-refractivity contribution in [1.82, 2.24) is 10.6 Å². The Bertz CT molecular complexity index is 186. The highest BCUT2D eigenvalue weighted by Gasteiger charge is 2.04. The van der Waals surface area contributed by atoms with Gasteiger partial charge in [0.25, 0.3) is 0 Å². The molecule has 0 saturated heterocycles. The third kappa shape index (κ3) is 11.6. The number of carbonyl (C=O) groups is 1. The van der Waals surface area contributed by atoms with E-state index in [4.69, 9.17) is 4.74 Å². The summed E-state index contributed by atoms with van der Waals surface area (Å²) in [6, 6.07) is 0.417. The van der Waals surface area contributed by atoms with Crippen LogP contribution in [-0.4, -0.2) is 38.8 Å². The minimum atomic E-state index is 0.0439. The van der Waals surface area contributed by atoms with Crippen molar-refractivity contribution >= 4 is 5.91 Å². The number of amides is 1. The quantitative estimate of drug-likeness (QED) is 0.544. The summed E-state index contributed by atoms with van der Waals surface area (Å²) >= 11 is 0. The summed E-state index contributed by atoms with van der Waals surface area (Å²) in [5, 5.41) is 6.02. The van der Waals surface area contributed by atoms with Crippen LogP contribution in [0, 0.1) is 0 Å². The second-order valence-corrected chi connectivity index (χ2v) is 4.47. The first kappa shape index (κ1) is 16.4. The van der Waals surface area contributed by atoms with Crippen molar-refractivity contribution in [3.63, 3.8) is 0 Å². The van der Waals surface area contributed by atoms with Gasteiger partial charge in [-0.25, -0.2) is 0 Å². The second kappa shape index (κ2) is 11.9. The van der Waals surface area contributed by atoms with E-state index in [1.54, 1.807) is 7.11 Å². The fourth-order valence-electron chi connectivity index (χ4n) is 1.60. The Morgan fingerprint density at radius 2 is 2.06 bits per heavy atom. The van der Waals surface area contributed by atoms with Crippen molar-refractivity contribution in [2.45, 2.75) is 52.0 Å². The van der Waals surface area contributed by atoms with Gasteiger partial charge in [0.15, 0.2) is 0 Å². The summed E-state index contributed by atoms with van der Waals surface area (Å²) < 4.78 is 4.86. The lowest BCUT2D eigenvalue weighted by molar-refractivity contribution is -0.120. The van der Waals surface area contributed by atoms with Crippen LogP contribution in [0.1, 0.15) is 46.0 Å². The van der Waals surface area contributed by atoms with Gasteiger partial charge in [-0.3, -0.25) is 4.79 Å². The van der Waals surface area contributed by atoms with E-state index in [1.807, 2.05) is 0 Å². The van der Waals surface area contributed by atoms with E-state index in [0.717, 1.165) is 6.42 Å². The van der Waals surface area contributed by atoms with E-state index >= 15 is 0 Å². The predicted octanol–water partition coefficient (Wildman–Crippen LogP) is 1.70. The van der Waals surface area contributed by atoms with E-state index in [9.17, 15) is 4.79 Å². The number of carbonyl (C=O) groups excluding carboxylic acids is 1. The Labute approximate surface area is 105 Å². The number of methoxy groups -OCH3 is 1. The largest absolute Gasteiger partial charge is 0.383 e. The second-order valence-electron chi connectivity index (χ2n) is 4.47. The van der Waals surface area contributed by atoms with E-state index < -0.39 is 0 Å². The summed E-state index contributed by atoms with van der Waals surface area (Å²) in [6.07, 6.45) is 6.26. The van der Waals surface area contributed by atoms with Gasteiger partial charge in [-0.15, -0.1) is 0 Å². The Hall–Kier alpha value is -0.610. The van der Waals surface area contributed by atoms with Gasteiger partial charge in [-0.1, -0.05) is 32.6 Å². The van der Waals surface area contributed by atoms with Crippen molar-refractivity contribution < 1.29 is 9.53 Å². The highest BCUT2D eigenvalue weighted by molar-refractivity contribution is 5.77. The lowest BCUT2D eigenvalue weighted by atomic mass is 10.1. The molecule has 0 radical (unpaired) electrons. The first-order valence-corrected chi connectivity index (χ1v) is 6.69. The Morgan fingerprint density at radius 1 is 1.29 bits per heavy atom. The molecule has 2 N–H and O–H groups in total. The molecule has 0 aromatic carbocycles. The van der Waals surface area contributed by atoms with Gasteiger partial charge in [-0.2, -0.15) is 0 Å². The van der Waals surface area contributed by atoms with Crippen LogP contribution in [0.2, 0.25) is 0 Å². The number of hydrogen-bond donors (Lipinski definition) is 2. The summed E-state index contributed by atoms with van der Waals surface area (Å²) in [5.41, 5.74) is 0. The molecule has 0 saturated carbocycles. The van der Waals surface area contributed by atoms with Crippen molar-refractivity contribution in [3.05, 3.63) is 0 Å². The fourth-order valence-corrected chi connectivity index (χ4v) is 1.60. The van der Waals surface area contributed by atoms with Crippen molar-refractivity contribution in [2.24, 2.45) is 0 Å². The smallest absolute Gasteiger partial charge is 0.234 e. The molecule has 4 heteroatoms. The van der Waals surface area contributed by atoms with E-state index in [0.29, 0.717) is 25.7 Å². The average molecular weight is 244 g/mol. The highest BCUT2D eigenvalue weighted by atomic mass is 16.5. The van der Waals surface area contributed by atoms with Crippen molar-refractivity contribution in [2.75, 3.05) is 26.8 Å². The molecular formula is C13H28N2O2. The van der Waals surface area contributed by atoms with Gasteiger partial charge in [0.2, 0.25) is 5.91 Å². The average Bonchev–Trinajstić information content (AvgIpc) is 2.32. The van der Waals surface area contributed by atoms with Gasteiger partial charge in [0.05, 0.1) is 13.2 Å². The maximum atomic E-state index is 11.4. The van der Waals surface area contributed by atoms with Gasteiger partial charge >= 0.3 is 0 Å². The van der Waals surface area contributed by atoms with E-state index in [2.05, 4.69) is 24.5 Å². The molecule has 0 aliphatic carbocycles. The standard InChI is InChI=1S/C13H28N2O2/c1-4-5-6-7-8-12(2)15-11-13(16)14-9-10-17-3/h12,15H,4-11H2,1-3H3,(H,14,16). The highest BCUT2D eigenvalue weighted by Crippen LogP contribution is 2.04. The zero-order chi connectivity index (χ0) is 12.9. The summed E-state index contributed by atoms with van der Waals surface area (Å²) in [5.74, 6) is 0.0439. The van der Waals surface area contributed by atoms with Crippen LogP contribution in [0.25, 0.3) is 0 Å². The molecule has 0 aliphatic rings. The molecule has 17 heavy (non-hydrogen) atoms. The molecule has 1 atom stereocenters. The van der Waals surface area contributed by atoms with Crippen LogP contribution in [-0.2, 0) is 9.53 Å². The Kier molecular flexibility index (Phi) is 11.4. The van der Waals surface area contributed by atoms with Crippen LogP contribution < -0.4 is 10.6 Å². The summed E-state index contributed by atoms with van der Waals surface area (Å²) in [4.78, 5) is 11.4. The molecule has 0 bridgehead atoms. The SMILES string of the molecule is CCCCCCC(C)NCC(=O)NCCOC. The van der Waals surface area contributed by atoms with Crippen LogP contribution in [0.15, 0.2) is 0 Å². The number of ether oxygens (including phenoxy) is 1. The maximum absolute atomic E-state index is 11.4. The number of unbranched alkanes of at least 4 members (excludes halogenated alkanes) is 3. The summed E-state index contributed by atoms with van der Waals surface area (Å²) in [6.45, 7) is 5.90. The predicted molar refractivity (Wildman–Crippen MR) is 71.1 cm³/mol. The Morgan fingerprint density at radius 3 is 2.71 bits per heavy atom. The van der Waals surface area contributed by atoms with Crippen LogP contribution in [0.5, 0.6) is 0 Å². The van der Waals surface area contributed by atoms with Crippen LogP contribution in [0.3, 0.4) is 0 Å². The molecular weight excluding hydrogens is 216 g/mol. The zero-order valence-electron chi connectivity index (χ0n) is 11.6. The first-order chi connectivity index (χ1) is 8.20. The molecule has 0 aromatic heterocycles. The molecule has 1 amide bonds. The first-order valence-electron chi connectivity index (χ1n) is 6.69. The third-order valence-corrected chi connectivity index (χ3v) is 2.73. The minimum Gasteiger partial charge on any atom is -0.383 e. The molecule has 4 nitrogen and oxygen atoms in total. The number of hydrogen-bond acceptors (Lipinski definition) is 3. The van der Waals surface area contributed by atoms with E-state index in [1.165, 1.54) is 25.7 Å². The normalized spacial score (nSPS) is 12.4. The van der Waals surface area contributed by atoms with Gasteiger partial charge in [0, 0.05) is 19.7 Å². The minimum absolute atomic E-state index is 0.0439. The third-order valence-electron chi connectivity index (χ3n) is 2.73. The van der Waals surface area contributed by atoms with Gasteiger partial charge in [-0.05, 0) is 13.3 Å². The molecule has 0 fully saturated rings. The van der Waals surface area contributed by atoms with Crippen molar-refractivity contribution in [1.29, 1.82) is 0 Å². The molecule has 102 valence electrons. The fraction of sp³-hybridized carbons (Fsp3) is 0.923. The molecule has 0 aliphatic heterocycles.